The zero-order valence-corrected chi connectivity index (χ0v) is 15.6. The topological polar surface area (TPSA) is 95.9 Å². The number of anilines is 1. The van der Waals surface area contributed by atoms with Crippen LogP contribution in [0.5, 0.6) is 0 Å². The number of fused-ring (bicyclic) bond motifs is 1. The molecule has 0 aromatic carbocycles. The van der Waals surface area contributed by atoms with Gasteiger partial charge in [-0.25, -0.2) is 18.4 Å². The number of morpholine rings is 1. The van der Waals surface area contributed by atoms with Gasteiger partial charge in [-0.15, -0.1) is 0 Å². The highest BCUT2D eigenvalue weighted by molar-refractivity contribution is 7.91. The molecule has 1 amide bonds. The molecule has 3 aliphatic rings. The van der Waals surface area contributed by atoms with Gasteiger partial charge >= 0.3 is 0 Å². The van der Waals surface area contributed by atoms with Crippen molar-refractivity contribution < 1.29 is 17.9 Å². The summed E-state index contributed by atoms with van der Waals surface area (Å²) in [5.41, 5.74) is 0.398. The number of piperazine rings is 1. The Morgan fingerprint density at radius 3 is 2.42 bits per heavy atom. The summed E-state index contributed by atoms with van der Waals surface area (Å²) in [7, 11) is -1.20. The van der Waals surface area contributed by atoms with Crippen molar-refractivity contribution in [1.82, 2.24) is 19.8 Å². The second-order valence-electron chi connectivity index (χ2n) is 7.06. The largest absolute Gasteiger partial charge is 0.378 e. The highest BCUT2D eigenvalue weighted by atomic mass is 32.2. The third kappa shape index (κ3) is 3.28. The molecule has 3 aliphatic heterocycles. The molecule has 0 N–H and O–H groups in total. The van der Waals surface area contributed by atoms with E-state index in [0.717, 1.165) is 13.1 Å². The number of likely N-dealkylation sites (N-methyl/N-ethyl adjacent to an activating group) is 1. The predicted octanol–water partition coefficient (Wildman–Crippen LogP) is -1.13. The number of hydrogen-bond donors (Lipinski definition) is 0. The van der Waals surface area contributed by atoms with Crippen molar-refractivity contribution in [3.63, 3.8) is 0 Å². The first-order valence-corrected chi connectivity index (χ1v) is 10.6. The van der Waals surface area contributed by atoms with Crippen molar-refractivity contribution in [3.8, 4) is 0 Å². The molecular formula is C16H23N5O4S. The molecule has 0 saturated carbocycles. The monoisotopic (exact) mass is 381 g/mol. The standard InChI is InChI=1S/C16H23N5O4S/c1-19-2-3-21(14-11-26(23,24)10-13(14)19)15(22)12-8-17-16(18-9-12)20-4-6-25-7-5-20/h8-9,13-14H,2-7,10-11H2,1H3/t13-,14+/m1/s1. The minimum Gasteiger partial charge on any atom is -0.378 e. The minimum atomic E-state index is -3.12. The van der Waals surface area contributed by atoms with Gasteiger partial charge in [-0.3, -0.25) is 9.69 Å². The van der Waals surface area contributed by atoms with Crippen LogP contribution in [0.4, 0.5) is 5.95 Å². The lowest BCUT2D eigenvalue weighted by molar-refractivity contribution is 0.0409. The third-order valence-electron chi connectivity index (χ3n) is 5.39. The third-order valence-corrected chi connectivity index (χ3v) is 7.09. The van der Waals surface area contributed by atoms with Gasteiger partial charge in [0.15, 0.2) is 9.84 Å². The molecule has 1 aromatic heterocycles. The summed E-state index contributed by atoms with van der Waals surface area (Å²) < 4.78 is 29.4. The Hall–Kier alpha value is -1.78. The van der Waals surface area contributed by atoms with Crippen LogP contribution in [0.15, 0.2) is 12.4 Å². The van der Waals surface area contributed by atoms with Crippen molar-refractivity contribution in [2.75, 3.05) is 62.8 Å². The fourth-order valence-electron chi connectivity index (χ4n) is 3.90. The minimum absolute atomic E-state index is 0.0282. The van der Waals surface area contributed by atoms with E-state index in [2.05, 4.69) is 9.97 Å². The highest BCUT2D eigenvalue weighted by Crippen LogP contribution is 2.27. The number of aromatic nitrogens is 2. The van der Waals surface area contributed by atoms with E-state index < -0.39 is 9.84 Å². The van der Waals surface area contributed by atoms with Crippen LogP contribution in [0.25, 0.3) is 0 Å². The molecule has 4 heterocycles. The molecule has 0 spiro atoms. The zero-order valence-electron chi connectivity index (χ0n) is 14.7. The highest BCUT2D eigenvalue weighted by Gasteiger charge is 2.47. The van der Waals surface area contributed by atoms with Crippen LogP contribution in [0.1, 0.15) is 10.4 Å². The molecule has 10 heteroatoms. The summed E-state index contributed by atoms with van der Waals surface area (Å²) in [4.78, 5) is 27.4. The summed E-state index contributed by atoms with van der Waals surface area (Å²) in [6.07, 6.45) is 3.08. The summed E-state index contributed by atoms with van der Waals surface area (Å²) in [6, 6.07) is -0.434. The van der Waals surface area contributed by atoms with E-state index in [9.17, 15) is 13.2 Å². The van der Waals surface area contributed by atoms with E-state index in [1.807, 2.05) is 16.8 Å². The second kappa shape index (κ2) is 6.75. The van der Waals surface area contributed by atoms with Crippen LogP contribution in [0.2, 0.25) is 0 Å². The van der Waals surface area contributed by atoms with Gasteiger partial charge in [-0.1, -0.05) is 0 Å². The summed E-state index contributed by atoms with van der Waals surface area (Å²) in [6.45, 7) is 3.92. The first-order chi connectivity index (χ1) is 12.4. The Morgan fingerprint density at radius 1 is 1.08 bits per heavy atom. The van der Waals surface area contributed by atoms with Crippen LogP contribution >= 0.6 is 0 Å². The maximum absolute atomic E-state index is 12.9. The normalized spacial score (nSPS) is 28.8. The average molecular weight is 381 g/mol. The number of amides is 1. The van der Waals surface area contributed by atoms with E-state index in [1.54, 1.807) is 4.90 Å². The molecule has 3 saturated heterocycles. The second-order valence-corrected chi connectivity index (χ2v) is 9.22. The lowest BCUT2D eigenvalue weighted by Crippen LogP contribution is -2.59. The summed E-state index contributed by atoms with van der Waals surface area (Å²) in [5, 5.41) is 0. The first kappa shape index (κ1) is 17.6. The molecule has 0 aliphatic carbocycles. The van der Waals surface area contributed by atoms with Crippen LogP contribution < -0.4 is 4.90 Å². The number of hydrogen-bond acceptors (Lipinski definition) is 8. The van der Waals surface area contributed by atoms with Crippen molar-refractivity contribution in [2.24, 2.45) is 0 Å². The molecule has 2 atom stereocenters. The van der Waals surface area contributed by atoms with E-state index in [1.165, 1.54) is 12.4 Å². The molecule has 0 unspecified atom stereocenters. The summed E-state index contributed by atoms with van der Waals surface area (Å²) >= 11 is 0. The Kier molecular flexibility index (Phi) is 4.57. The SMILES string of the molecule is CN1CCN(C(=O)c2cnc(N3CCOCC3)nc2)[C@H]2CS(=O)(=O)C[C@H]21. The lowest BCUT2D eigenvalue weighted by Gasteiger charge is -2.42. The molecule has 3 fully saturated rings. The zero-order chi connectivity index (χ0) is 18.3. The molecule has 0 bridgehead atoms. The fourth-order valence-corrected chi connectivity index (χ4v) is 5.96. The molecule has 1 aromatic rings. The lowest BCUT2D eigenvalue weighted by atomic mass is 10.0. The average Bonchev–Trinajstić information content (AvgIpc) is 2.98. The van der Waals surface area contributed by atoms with E-state index in [-0.39, 0.29) is 29.5 Å². The Morgan fingerprint density at radius 2 is 1.73 bits per heavy atom. The van der Waals surface area contributed by atoms with Gasteiger partial charge in [0.25, 0.3) is 5.91 Å². The van der Waals surface area contributed by atoms with E-state index in [4.69, 9.17) is 4.74 Å². The van der Waals surface area contributed by atoms with Crippen LogP contribution in [-0.4, -0.2) is 104 Å². The van der Waals surface area contributed by atoms with Crippen molar-refractivity contribution in [1.29, 1.82) is 0 Å². The number of rotatable bonds is 2. The maximum Gasteiger partial charge on any atom is 0.257 e. The number of carbonyl (C=O) groups excluding carboxylic acids is 1. The smallest absolute Gasteiger partial charge is 0.257 e. The van der Waals surface area contributed by atoms with Crippen LogP contribution in [0.3, 0.4) is 0 Å². The Bertz CT molecular complexity index is 778. The van der Waals surface area contributed by atoms with Gasteiger partial charge in [0, 0.05) is 44.6 Å². The van der Waals surface area contributed by atoms with E-state index in [0.29, 0.717) is 37.8 Å². The van der Waals surface area contributed by atoms with Crippen molar-refractivity contribution in [2.45, 2.75) is 12.1 Å². The Labute approximate surface area is 152 Å². The van der Waals surface area contributed by atoms with Gasteiger partial charge in [-0.05, 0) is 7.05 Å². The van der Waals surface area contributed by atoms with Crippen molar-refractivity contribution in [3.05, 3.63) is 18.0 Å². The number of ether oxygens (including phenoxy) is 1. The quantitative estimate of drug-likeness (QED) is 0.635. The predicted molar refractivity (Wildman–Crippen MR) is 95.0 cm³/mol. The fraction of sp³-hybridized carbons (Fsp3) is 0.688. The van der Waals surface area contributed by atoms with Crippen molar-refractivity contribution >= 4 is 21.7 Å². The number of sulfone groups is 1. The molecular weight excluding hydrogens is 358 g/mol. The van der Waals surface area contributed by atoms with Crippen LogP contribution in [0, 0.1) is 0 Å². The van der Waals surface area contributed by atoms with Crippen LogP contribution in [-0.2, 0) is 14.6 Å². The van der Waals surface area contributed by atoms with Gasteiger partial charge in [0.1, 0.15) is 0 Å². The molecule has 26 heavy (non-hydrogen) atoms. The van der Waals surface area contributed by atoms with Gasteiger partial charge in [-0.2, -0.15) is 0 Å². The summed E-state index contributed by atoms with van der Waals surface area (Å²) in [5.74, 6) is 0.536. The first-order valence-electron chi connectivity index (χ1n) is 8.81. The van der Waals surface area contributed by atoms with Gasteiger partial charge in [0.2, 0.25) is 5.95 Å². The molecule has 9 nitrogen and oxygen atoms in total. The number of carbonyl (C=O) groups is 1. The molecule has 4 rings (SSSR count). The number of nitrogens with zero attached hydrogens (tertiary/aromatic N) is 5. The van der Waals surface area contributed by atoms with Gasteiger partial charge < -0.3 is 14.5 Å². The van der Waals surface area contributed by atoms with Gasteiger partial charge in [0.05, 0.1) is 36.3 Å². The molecule has 0 radical (unpaired) electrons. The Balaban J connectivity index is 1.51. The molecule has 142 valence electrons. The van der Waals surface area contributed by atoms with E-state index >= 15 is 0 Å². The maximum atomic E-state index is 12.9.